The van der Waals surface area contributed by atoms with Gasteiger partial charge in [0.25, 0.3) is 0 Å². The van der Waals surface area contributed by atoms with Crippen LogP contribution in [0.1, 0.15) is 17.9 Å². The highest BCUT2D eigenvalue weighted by Gasteiger charge is 2.66. The number of carbonyl (C=O) groups is 1. The van der Waals surface area contributed by atoms with Gasteiger partial charge in [-0.3, -0.25) is 4.79 Å². The highest BCUT2D eigenvalue weighted by atomic mass is 127. The van der Waals surface area contributed by atoms with Crippen LogP contribution in [0.5, 0.6) is 5.75 Å². The molecule has 1 aromatic carbocycles. The SMILES string of the molecule is COc1ccc([C@@H]2[C@@H]3C[C@H]4[C@H](OC(=O)[C@H]42)[C@H]3I)cc1. The number of carbonyl (C=O) groups excluding carboxylic acids is 1. The molecule has 0 N–H and O–H groups in total. The van der Waals surface area contributed by atoms with E-state index in [4.69, 9.17) is 9.47 Å². The molecule has 0 amide bonds. The predicted octanol–water partition coefficient (Wildman–Crippen LogP) is 2.77. The van der Waals surface area contributed by atoms with E-state index in [-0.39, 0.29) is 18.0 Å². The number of rotatable bonds is 2. The summed E-state index contributed by atoms with van der Waals surface area (Å²) >= 11 is 2.48. The maximum atomic E-state index is 12.1. The molecule has 3 fully saturated rings. The average Bonchev–Trinajstić information content (AvgIpc) is 3.03. The standard InChI is InChI=1S/C15H15IO3/c1-18-8-4-2-7(3-5-8)11-9-6-10-12(11)15(17)19-14(10)13(9)16/h2-5,9-14H,6H2,1H3/t9-,10+,11+,12+,13-,14-/m0/s1. The number of hydrogen-bond acceptors (Lipinski definition) is 3. The molecule has 4 heteroatoms. The fourth-order valence-electron chi connectivity index (χ4n) is 4.25. The van der Waals surface area contributed by atoms with Crippen LogP contribution in [0.2, 0.25) is 0 Å². The van der Waals surface area contributed by atoms with Crippen molar-refractivity contribution in [2.75, 3.05) is 7.11 Å². The second-order valence-electron chi connectivity index (χ2n) is 5.73. The summed E-state index contributed by atoms with van der Waals surface area (Å²) < 4.78 is 11.3. The number of alkyl halides is 1. The van der Waals surface area contributed by atoms with Crippen LogP contribution in [0.25, 0.3) is 0 Å². The van der Waals surface area contributed by atoms with Gasteiger partial charge in [0.1, 0.15) is 11.9 Å². The number of benzene rings is 1. The molecule has 0 aromatic heterocycles. The van der Waals surface area contributed by atoms with Crippen LogP contribution >= 0.6 is 22.6 Å². The smallest absolute Gasteiger partial charge is 0.310 e. The van der Waals surface area contributed by atoms with Crippen LogP contribution in [-0.2, 0) is 9.53 Å². The molecule has 19 heavy (non-hydrogen) atoms. The van der Waals surface area contributed by atoms with Crippen LogP contribution in [0, 0.1) is 17.8 Å². The molecule has 1 aliphatic heterocycles. The van der Waals surface area contributed by atoms with Crippen LogP contribution in [0.15, 0.2) is 24.3 Å². The molecule has 2 aliphatic carbocycles. The Kier molecular flexibility index (Phi) is 2.59. The fourth-order valence-corrected chi connectivity index (χ4v) is 5.67. The lowest BCUT2D eigenvalue weighted by atomic mass is 9.76. The highest BCUT2D eigenvalue weighted by molar-refractivity contribution is 14.1. The Hall–Kier alpha value is -0.780. The van der Waals surface area contributed by atoms with Crippen molar-refractivity contribution in [3.8, 4) is 5.75 Å². The van der Waals surface area contributed by atoms with Crippen LogP contribution in [0.3, 0.4) is 0 Å². The van der Waals surface area contributed by atoms with Crippen molar-refractivity contribution in [1.82, 2.24) is 0 Å². The zero-order valence-electron chi connectivity index (χ0n) is 10.6. The van der Waals surface area contributed by atoms with E-state index in [0.29, 0.717) is 21.7 Å². The van der Waals surface area contributed by atoms with E-state index in [2.05, 4.69) is 34.7 Å². The summed E-state index contributed by atoms with van der Waals surface area (Å²) in [7, 11) is 1.67. The molecule has 4 rings (SSSR count). The van der Waals surface area contributed by atoms with Crippen LogP contribution < -0.4 is 4.74 Å². The molecule has 1 aromatic rings. The maximum Gasteiger partial charge on any atom is 0.310 e. The Morgan fingerprint density at radius 2 is 1.95 bits per heavy atom. The van der Waals surface area contributed by atoms with E-state index >= 15 is 0 Å². The minimum atomic E-state index is 0.0254. The third-order valence-electron chi connectivity index (χ3n) is 5.02. The van der Waals surface area contributed by atoms with Gasteiger partial charge in [0.15, 0.2) is 0 Å². The Bertz CT molecular complexity index is 527. The van der Waals surface area contributed by atoms with Gasteiger partial charge in [0.05, 0.1) is 17.0 Å². The first kappa shape index (κ1) is 12.0. The largest absolute Gasteiger partial charge is 0.497 e. The summed E-state index contributed by atoms with van der Waals surface area (Å²) in [5.74, 6) is 2.35. The molecule has 100 valence electrons. The molecule has 2 saturated carbocycles. The lowest BCUT2D eigenvalue weighted by Gasteiger charge is -2.28. The van der Waals surface area contributed by atoms with Gasteiger partial charge in [-0.2, -0.15) is 0 Å². The lowest BCUT2D eigenvalue weighted by Crippen LogP contribution is -2.32. The Balaban J connectivity index is 1.73. The zero-order chi connectivity index (χ0) is 13.1. The fraction of sp³-hybridized carbons (Fsp3) is 0.533. The molecular weight excluding hydrogens is 355 g/mol. The Labute approximate surface area is 125 Å². The summed E-state index contributed by atoms with van der Waals surface area (Å²) in [5.41, 5.74) is 1.26. The van der Waals surface area contributed by atoms with Crippen molar-refractivity contribution in [3.05, 3.63) is 29.8 Å². The average molecular weight is 370 g/mol. The Morgan fingerprint density at radius 1 is 1.21 bits per heavy atom. The van der Waals surface area contributed by atoms with E-state index < -0.39 is 0 Å². The molecule has 6 atom stereocenters. The van der Waals surface area contributed by atoms with Gasteiger partial charge in [0, 0.05) is 11.8 Å². The number of esters is 1. The summed E-state index contributed by atoms with van der Waals surface area (Å²) in [6.07, 6.45) is 1.32. The summed E-state index contributed by atoms with van der Waals surface area (Å²) in [4.78, 5) is 12.1. The van der Waals surface area contributed by atoms with Crippen molar-refractivity contribution < 1.29 is 14.3 Å². The Morgan fingerprint density at radius 3 is 2.63 bits per heavy atom. The minimum Gasteiger partial charge on any atom is -0.497 e. The third kappa shape index (κ3) is 1.52. The first-order valence-corrected chi connectivity index (χ1v) is 7.94. The summed E-state index contributed by atoms with van der Waals surface area (Å²) in [6.45, 7) is 0. The predicted molar refractivity (Wildman–Crippen MR) is 78.5 cm³/mol. The quantitative estimate of drug-likeness (QED) is 0.456. The summed E-state index contributed by atoms with van der Waals surface area (Å²) in [5, 5.41) is 0. The van der Waals surface area contributed by atoms with Crippen molar-refractivity contribution >= 4 is 28.6 Å². The molecule has 3 nitrogen and oxygen atoms in total. The van der Waals surface area contributed by atoms with Gasteiger partial charge in [-0.15, -0.1) is 0 Å². The highest BCUT2D eigenvalue weighted by Crippen LogP contribution is 2.63. The third-order valence-corrected chi connectivity index (χ3v) is 6.66. The van der Waals surface area contributed by atoms with Crippen LogP contribution in [-0.4, -0.2) is 23.1 Å². The van der Waals surface area contributed by atoms with Gasteiger partial charge >= 0.3 is 5.97 Å². The van der Waals surface area contributed by atoms with Crippen molar-refractivity contribution in [3.63, 3.8) is 0 Å². The number of fused-ring (bicyclic) bond motifs is 1. The first-order valence-electron chi connectivity index (χ1n) is 6.69. The second-order valence-corrected chi connectivity index (χ2v) is 7.17. The lowest BCUT2D eigenvalue weighted by molar-refractivity contribution is -0.143. The van der Waals surface area contributed by atoms with E-state index in [1.54, 1.807) is 7.11 Å². The van der Waals surface area contributed by atoms with E-state index in [1.165, 1.54) is 5.56 Å². The number of methoxy groups -OCH3 is 1. The molecule has 0 spiro atoms. The van der Waals surface area contributed by atoms with Gasteiger partial charge in [-0.25, -0.2) is 0 Å². The van der Waals surface area contributed by atoms with Gasteiger partial charge in [0.2, 0.25) is 0 Å². The second kappa shape index (κ2) is 4.11. The monoisotopic (exact) mass is 370 g/mol. The number of hydrogen-bond donors (Lipinski definition) is 0. The van der Waals surface area contributed by atoms with E-state index in [1.807, 2.05) is 12.1 Å². The molecule has 0 unspecified atom stereocenters. The molecule has 3 aliphatic rings. The van der Waals surface area contributed by atoms with Gasteiger partial charge in [-0.05, 0) is 30.0 Å². The van der Waals surface area contributed by atoms with Gasteiger partial charge < -0.3 is 9.47 Å². The molecule has 0 radical (unpaired) electrons. The first-order chi connectivity index (χ1) is 9.20. The molecule has 2 bridgehead atoms. The van der Waals surface area contributed by atoms with Crippen molar-refractivity contribution in [2.45, 2.75) is 22.4 Å². The van der Waals surface area contributed by atoms with E-state index in [0.717, 1.165) is 12.2 Å². The van der Waals surface area contributed by atoms with Gasteiger partial charge in [-0.1, -0.05) is 34.7 Å². The molecule has 1 heterocycles. The van der Waals surface area contributed by atoms with Crippen molar-refractivity contribution in [1.29, 1.82) is 0 Å². The maximum absolute atomic E-state index is 12.1. The topological polar surface area (TPSA) is 35.5 Å². The number of halogens is 1. The van der Waals surface area contributed by atoms with Crippen LogP contribution in [0.4, 0.5) is 0 Å². The summed E-state index contributed by atoms with van der Waals surface area (Å²) in [6, 6.07) is 8.19. The normalized spacial score (nSPS) is 42.5. The minimum absolute atomic E-state index is 0.0254. The zero-order valence-corrected chi connectivity index (χ0v) is 12.7. The molecular formula is C15H15IO3. The van der Waals surface area contributed by atoms with Crippen molar-refractivity contribution in [2.24, 2.45) is 17.8 Å². The molecule has 1 saturated heterocycles. The van der Waals surface area contributed by atoms with E-state index in [9.17, 15) is 4.79 Å². The number of ether oxygens (including phenoxy) is 2.